The van der Waals surface area contributed by atoms with E-state index in [0.717, 1.165) is 22.1 Å². The molecule has 0 fully saturated rings. The molecule has 0 radical (unpaired) electrons. The summed E-state index contributed by atoms with van der Waals surface area (Å²) >= 11 is 9.57. The summed E-state index contributed by atoms with van der Waals surface area (Å²) in [7, 11) is 0. The minimum absolute atomic E-state index is 0.664. The van der Waals surface area contributed by atoms with Gasteiger partial charge in [0, 0.05) is 27.6 Å². The van der Waals surface area contributed by atoms with E-state index < -0.39 is 0 Å². The molecule has 0 aliphatic carbocycles. The predicted octanol–water partition coefficient (Wildman–Crippen LogP) is 7.13. The first kappa shape index (κ1) is 18.9. The van der Waals surface area contributed by atoms with Crippen LogP contribution >= 0.6 is 27.5 Å². The van der Waals surface area contributed by atoms with Crippen molar-refractivity contribution in [2.24, 2.45) is 4.99 Å². The van der Waals surface area contributed by atoms with E-state index in [1.54, 1.807) is 0 Å². The van der Waals surface area contributed by atoms with Crippen LogP contribution in [0.1, 0.15) is 35.0 Å². The van der Waals surface area contributed by atoms with Crippen LogP contribution in [0.3, 0.4) is 0 Å². The van der Waals surface area contributed by atoms with Crippen LogP contribution in [-0.2, 0) is 6.42 Å². The summed E-state index contributed by atoms with van der Waals surface area (Å²) in [6.07, 6.45) is 2.93. The third-order valence-electron chi connectivity index (χ3n) is 4.65. The molecule has 0 amide bonds. The van der Waals surface area contributed by atoms with E-state index >= 15 is 0 Å². The Labute approximate surface area is 168 Å². The van der Waals surface area contributed by atoms with Crippen LogP contribution in [0.5, 0.6) is 0 Å². The van der Waals surface area contributed by atoms with Gasteiger partial charge in [-0.3, -0.25) is 4.99 Å². The van der Waals surface area contributed by atoms with Crippen LogP contribution in [0, 0.1) is 20.8 Å². The van der Waals surface area contributed by atoms with Crippen LogP contribution in [0.2, 0.25) is 5.02 Å². The molecule has 3 aromatic rings. The monoisotopic (exact) mass is 428 g/mol. The second-order valence-corrected chi connectivity index (χ2v) is 7.72. The maximum absolute atomic E-state index is 6.16. The minimum Gasteiger partial charge on any atom is -0.317 e. The van der Waals surface area contributed by atoms with Gasteiger partial charge in [-0.15, -0.1) is 0 Å². The molecule has 0 spiro atoms. The number of nitrogens with zero attached hydrogens (tertiary/aromatic N) is 2. The summed E-state index contributed by atoms with van der Waals surface area (Å²) in [5, 5.41) is 0.664. The van der Waals surface area contributed by atoms with Crippen molar-refractivity contribution >= 4 is 39.4 Å². The third-order valence-corrected chi connectivity index (χ3v) is 5.88. The Morgan fingerprint density at radius 1 is 1.12 bits per heavy atom. The summed E-state index contributed by atoms with van der Waals surface area (Å²) in [6, 6.07) is 14.4. The molecule has 2 aromatic carbocycles. The van der Waals surface area contributed by atoms with Gasteiger partial charge in [0.05, 0.1) is 16.4 Å². The lowest BCUT2D eigenvalue weighted by molar-refractivity contribution is 0.926. The third kappa shape index (κ3) is 3.65. The Kier molecular flexibility index (Phi) is 5.69. The van der Waals surface area contributed by atoms with Gasteiger partial charge in [0.15, 0.2) is 0 Å². The highest BCUT2D eigenvalue weighted by atomic mass is 79.9. The van der Waals surface area contributed by atoms with Crippen molar-refractivity contribution in [3.05, 3.63) is 80.0 Å². The van der Waals surface area contributed by atoms with Gasteiger partial charge in [-0.1, -0.05) is 36.7 Å². The van der Waals surface area contributed by atoms with Gasteiger partial charge in [-0.25, -0.2) is 0 Å². The molecule has 134 valence electrons. The molecule has 0 N–H and O–H groups in total. The normalized spacial score (nSPS) is 11.5. The minimum atomic E-state index is 0.664. The summed E-state index contributed by atoms with van der Waals surface area (Å²) < 4.78 is 3.22. The van der Waals surface area contributed by atoms with Gasteiger partial charge < -0.3 is 4.57 Å². The van der Waals surface area contributed by atoms with Crippen molar-refractivity contribution in [3.8, 4) is 5.69 Å². The SMILES string of the molecule is CCc1cccc(C)c1-n1c(C)cc(C=Nc2ccc(Br)c(Cl)c2)c1C. The average Bonchev–Trinajstić information content (AvgIpc) is 2.89. The fourth-order valence-electron chi connectivity index (χ4n) is 3.30. The summed E-state index contributed by atoms with van der Waals surface area (Å²) in [5.74, 6) is 0. The zero-order valence-electron chi connectivity index (χ0n) is 15.5. The second kappa shape index (κ2) is 7.81. The molecule has 3 rings (SSSR count). The molecule has 0 saturated heterocycles. The summed E-state index contributed by atoms with van der Waals surface area (Å²) in [4.78, 5) is 4.61. The Bertz CT molecular complexity index is 986. The van der Waals surface area contributed by atoms with Crippen LogP contribution in [0.4, 0.5) is 5.69 Å². The Morgan fingerprint density at radius 2 is 1.88 bits per heavy atom. The lowest BCUT2D eigenvalue weighted by atomic mass is 10.1. The van der Waals surface area contributed by atoms with Crippen molar-refractivity contribution in [1.82, 2.24) is 4.57 Å². The van der Waals surface area contributed by atoms with Crippen LogP contribution in [0.15, 0.2) is 51.9 Å². The zero-order valence-corrected chi connectivity index (χ0v) is 17.8. The van der Waals surface area contributed by atoms with Crippen LogP contribution in [-0.4, -0.2) is 10.8 Å². The largest absolute Gasteiger partial charge is 0.317 e. The highest BCUT2D eigenvalue weighted by molar-refractivity contribution is 9.10. The van der Waals surface area contributed by atoms with Crippen molar-refractivity contribution in [2.45, 2.75) is 34.1 Å². The maximum atomic E-state index is 6.16. The van der Waals surface area contributed by atoms with E-state index in [1.165, 1.54) is 28.2 Å². The molecule has 4 heteroatoms. The van der Waals surface area contributed by atoms with Crippen molar-refractivity contribution < 1.29 is 0 Å². The first-order valence-corrected chi connectivity index (χ1v) is 9.86. The molecule has 0 bridgehead atoms. The van der Waals surface area contributed by atoms with E-state index in [9.17, 15) is 0 Å². The van der Waals surface area contributed by atoms with Gasteiger partial charge in [0.1, 0.15) is 0 Å². The first-order valence-electron chi connectivity index (χ1n) is 8.69. The van der Waals surface area contributed by atoms with Gasteiger partial charge in [0.25, 0.3) is 0 Å². The van der Waals surface area contributed by atoms with Gasteiger partial charge in [-0.05, 0) is 78.5 Å². The molecular weight excluding hydrogens is 408 g/mol. The van der Waals surface area contributed by atoms with E-state index in [1.807, 2.05) is 24.4 Å². The lowest BCUT2D eigenvalue weighted by Crippen LogP contribution is -2.05. The number of hydrogen-bond donors (Lipinski definition) is 0. The molecule has 0 unspecified atom stereocenters. The predicted molar refractivity (Wildman–Crippen MR) is 116 cm³/mol. The molecule has 1 aromatic heterocycles. The standard InChI is InChI=1S/C22H22BrClN2/c1-5-17-8-6-7-14(2)22(17)26-15(3)11-18(16(26)4)13-25-19-9-10-20(23)21(24)12-19/h6-13H,5H2,1-4H3. The van der Waals surface area contributed by atoms with E-state index in [0.29, 0.717) is 5.02 Å². The smallest absolute Gasteiger partial charge is 0.0645 e. The van der Waals surface area contributed by atoms with Gasteiger partial charge in [0.2, 0.25) is 0 Å². The molecule has 0 aliphatic rings. The number of aliphatic imine (C=N–C) groups is 1. The second-order valence-electron chi connectivity index (χ2n) is 6.45. The Hall–Kier alpha value is -1.84. The molecular formula is C22H22BrClN2. The Morgan fingerprint density at radius 3 is 2.58 bits per heavy atom. The molecule has 0 saturated carbocycles. The van der Waals surface area contributed by atoms with Gasteiger partial charge in [-0.2, -0.15) is 0 Å². The summed E-state index contributed by atoms with van der Waals surface area (Å²) in [5.41, 5.74) is 8.29. The maximum Gasteiger partial charge on any atom is 0.0645 e. The summed E-state index contributed by atoms with van der Waals surface area (Å²) in [6.45, 7) is 8.67. The highest BCUT2D eigenvalue weighted by Crippen LogP contribution is 2.28. The number of para-hydroxylation sites is 1. The first-order chi connectivity index (χ1) is 12.4. The topological polar surface area (TPSA) is 17.3 Å². The number of aryl methyl sites for hydroxylation is 3. The number of halogens is 2. The van der Waals surface area contributed by atoms with Crippen molar-refractivity contribution in [2.75, 3.05) is 0 Å². The lowest BCUT2D eigenvalue weighted by Gasteiger charge is -2.17. The fraction of sp³-hybridized carbons (Fsp3) is 0.227. The molecule has 26 heavy (non-hydrogen) atoms. The fourth-order valence-corrected chi connectivity index (χ4v) is 3.72. The molecule has 2 nitrogen and oxygen atoms in total. The van der Waals surface area contributed by atoms with Gasteiger partial charge >= 0.3 is 0 Å². The van der Waals surface area contributed by atoms with E-state index in [-0.39, 0.29) is 0 Å². The molecule has 0 atom stereocenters. The zero-order chi connectivity index (χ0) is 18.8. The number of aromatic nitrogens is 1. The van der Waals surface area contributed by atoms with E-state index in [4.69, 9.17) is 11.6 Å². The van der Waals surface area contributed by atoms with Crippen molar-refractivity contribution in [3.63, 3.8) is 0 Å². The Balaban J connectivity index is 2.04. The van der Waals surface area contributed by atoms with Crippen LogP contribution < -0.4 is 0 Å². The van der Waals surface area contributed by atoms with Crippen LogP contribution in [0.25, 0.3) is 5.69 Å². The highest BCUT2D eigenvalue weighted by Gasteiger charge is 2.14. The quantitative estimate of drug-likeness (QED) is 0.392. The number of benzene rings is 2. The number of hydrogen-bond acceptors (Lipinski definition) is 1. The molecule has 0 aliphatic heterocycles. The van der Waals surface area contributed by atoms with Crippen molar-refractivity contribution in [1.29, 1.82) is 0 Å². The van der Waals surface area contributed by atoms with E-state index in [2.05, 4.69) is 77.4 Å². The molecule has 1 heterocycles. The number of rotatable bonds is 4. The average molecular weight is 430 g/mol.